The van der Waals surface area contributed by atoms with Gasteiger partial charge in [0.25, 0.3) is 0 Å². The molecule has 2 aromatic carbocycles. The molecule has 0 aliphatic heterocycles. The van der Waals surface area contributed by atoms with Gasteiger partial charge in [0.1, 0.15) is 11.9 Å². The number of anilines is 2. The van der Waals surface area contributed by atoms with Crippen LogP contribution in [0.15, 0.2) is 54.5 Å². The minimum absolute atomic E-state index is 0.117. The molecular formula is C28H30ClFN6O. The first-order chi connectivity index (χ1) is 17.9. The van der Waals surface area contributed by atoms with E-state index in [1.165, 1.54) is 36.9 Å². The number of pyridine rings is 1. The fraction of sp³-hybridized carbons (Fsp3) is 0.357. The van der Waals surface area contributed by atoms with Crippen LogP contribution in [-0.4, -0.2) is 22.2 Å². The molecule has 6 N–H and O–H groups in total. The molecule has 2 aliphatic carbocycles. The van der Waals surface area contributed by atoms with Crippen molar-refractivity contribution in [3.8, 4) is 6.07 Å². The van der Waals surface area contributed by atoms with Crippen LogP contribution in [0.25, 0.3) is 10.9 Å². The molecule has 3 aromatic rings. The quantitative estimate of drug-likeness (QED) is 0.250. The number of nitriles is 1. The van der Waals surface area contributed by atoms with E-state index in [1.807, 2.05) is 0 Å². The molecule has 1 atom stereocenters. The molecule has 192 valence electrons. The van der Waals surface area contributed by atoms with Crippen LogP contribution in [0.1, 0.15) is 56.1 Å². The van der Waals surface area contributed by atoms with Gasteiger partial charge in [-0.3, -0.25) is 4.98 Å². The lowest BCUT2D eigenvalue weighted by Crippen LogP contribution is -2.41. The highest BCUT2D eigenvalue weighted by atomic mass is 35.5. The minimum atomic E-state index is -1.86. The van der Waals surface area contributed by atoms with Gasteiger partial charge in [-0.1, -0.05) is 43.0 Å². The summed E-state index contributed by atoms with van der Waals surface area (Å²) in [6.07, 6.45) is 10.7. The van der Waals surface area contributed by atoms with E-state index in [1.54, 1.807) is 18.3 Å². The van der Waals surface area contributed by atoms with E-state index < -0.39 is 11.5 Å². The number of nitrogens with one attached hydrogen (secondary N) is 3. The third-order valence-electron chi connectivity index (χ3n) is 7.06. The smallest absolute Gasteiger partial charge is 0.205 e. The Kier molecular flexibility index (Phi) is 7.09. The largest absolute Gasteiger partial charge is 0.397 e. The van der Waals surface area contributed by atoms with Crippen molar-refractivity contribution >= 4 is 33.9 Å². The predicted molar refractivity (Wildman–Crippen MR) is 144 cm³/mol. The first kappa shape index (κ1) is 25.1. The van der Waals surface area contributed by atoms with Gasteiger partial charge in [-0.2, -0.15) is 5.26 Å². The summed E-state index contributed by atoms with van der Waals surface area (Å²) in [5.41, 5.74) is 7.13. The van der Waals surface area contributed by atoms with Crippen molar-refractivity contribution < 1.29 is 9.50 Å². The highest BCUT2D eigenvalue weighted by Gasteiger charge is 2.34. The Morgan fingerprint density at radius 3 is 2.54 bits per heavy atom. The second-order valence-corrected chi connectivity index (χ2v) is 10.3. The maximum atomic E-state index is 13.7. The highest BCUT2D eigenvalue weighted by molar-refractivity contribution is 6.35. The van der Waals surface area contributed by atoms with Gasteiger partial charge in [-0.15, -0.1) is 0 Å². The number of nitrogens with zero attached hydrogens (tertiary/aromatic N) is 2. The maximum absolute atomic E-state index is 13.7. The zero-order valence-electron chi connectivity index (χ0n) is 20.4. The van der Waals surface area contributed by atoms with Crippen molar-refractivity contribution in [3.05, 3.63) is 76.5 Å². The Morgan fingerprint density at radius 2 is 1.86 bits per heavy atom. The summed E-state index contributed by atoms with van der Waals surface area (Å²) in [6, 6.07) is 11.8. The van der Waals surface area contributed by atoms with E-state index in [9.17, 15) is 14.8 Å². The van der Waals surface area contributed by atoms with Crippen LogP contribution in [0.5, 0.6) is 0 Å². The summed E-state index contributed by atoms with van der Waals surface area (Å²) in [7, 11) is 0. The standard InChI is InChI=1S/C28H30ClFN6O/c29-24-13-22(12-23-26(17(14-31)15-34-27(23)24)35-21-4-2-1-3-5-21)36-28(37,18-6-8-19(30)9-7-18)25(32)16-33-20-10-11-20/h6-9,12-13,15-16,20-21,33,36-37H,1-5,10-11,32H2,(H,34,35)/b25-16-. The Balaban J connectivity index is 1.57. The molecule has 1 unspecified atom stereocenters. The van der Waals surface area contributed by atoms with E-state index in [-0.39, 0.29) is 11.7 Å². The molecule has 5 rings (SSSR count). The fourth-order valence-electron chi connectivity index (χ4n) is 4.80. The molecule has 0 spiro atoms. The van der Waals surface area contributed by atoms with Crippen molar-refractivity contribution in [3.63, 3.8) is 0 Å². The number of benzene rings is 2. The minimum Gasteiger partial charge on any atom is -0.397 e. The lowest BCUT2D eigenvalue weighted by Gasteiger charge is -2.32. The Morgan fingerprint density at radius 1 is 1.14 bits per heavy atom. The molecule has 37 heavy (non-hydrogen) atoms. The van der Waals surface area contributed by atoms with Crippen molar-refractivity contribution in [1.29, 1.82) is 5.26 Å². The number of hydrogen-bond acceptors (Lipinski definition) is 7. The second kappa shape index (κ2) is 10.4. The van der Waals surface area contributed by atoms with Crippen LogP contribution in [-0.2, 0) is 5.72 Å². The molecule has 0 bridgehead atoms. The summed E-state index contributed by atoms with van der Waals surface area (Å²) in [5, 5.41) is 32.5. The molecule has 0 saturated heterocycles. The van der Waals surface area contributed by atoms with Gasteiger partial charge >= 0.3 is 0 Å². The number of nitrogens with two attached hydrogens (primary N) is 1. The van der Waals surface area contributed by atoms with E-state index in [0.717, 1.165) is 38.5 Å². The number of aromatic nitrogens is 1. The molecule has 0 amide bonds. The van der Waals surface area contributed by atoms with Crippen LogP contribution in [0.2, 0.25) is 5.02 Å². The molecule has 1 heterocycles. The van der Waals surface area contributed by atoms with Gasteiger partial charge in [0.05, 0.1) is 27.5 Å². The zero-order chi connectivity index (χ0) is 26.0. The van der Waals surface area contributed by atoms with Crippen LogP contribution in [0.4, 0.5) is 15.8 Å². The van der Waals surface area contributed by atoms with Crippen LogP contribution in [0, 0.1) is 17.1 Å². The molecule has 9 heteroatoms. The van der Waals surface area contributed by atoms with Crippen molar-refractivity contribution in [2.75, 3.05) is 10.6 Å². The predicted octanol–water partition coefficient (Wildman–Crippen LogP) is 5.45. The molecular weight excluding hydrogens is 491 g/mol. The molecule has 2 saturated carbocycles. The second-order valence-electron chi connectivity index (χ2n) is 9.88. The first-order valence-corrected chi connectivity index (χ1v) is 13.0. The third-order valence-corrected chi connectivity index (χ3v) is 7.34. The van der Waals surface area contributed by atoms with E-state index in [4.69, 9.17) is 17.3 Å². The van der Waals surface area contributed by atoms with E-state index in [2.05, 4.69) is 27.0 Å². The monoisotopic (exact) mass is 520 g/mol. The van der Waals surface area contributed by atoms with Crippen molar-refractivity contribution in [2.24, 2.45) is 5.73 Å². The summed E-state index contributed by atoms with van der Waals surface area (Å²) in [6.45, 7) is 0. The average Bonchev–Trinajstić information content (AvgIpc) is 3.73. The van der Waals surface area contributed by atoms with E-state index in [0.29, 0.717) is 44.5 Å². The lowest BCUT2D eigenvalue weighted by atomic mass is 9.94. The van der Waals surface area contributed by atoms with Gasteiger partial charge < -0.3 is 26.8 Å². The van der Waals surface area contributed by atoms with Gasteiger partial charge in [0, 0.05) is 41.1 Å². The topological polar surface area (TPSA) is 119 Å². The van der Waals surface area contributed by atoms with Gasteiger partial charge in [0.15, 0.2) is 0 Å². The molecule has 1 aromatic heterocycles. The number of halogens is 2. The number of fused-ring (bicyclic) bond motifs is 1. The molecule has 7 nitrogen and oxygen atoms in total. The molecule has 0 radical (unpaired) electrons. The normalized spacial score (nSPS) is 18.2. The fourth-order valence-corrected chi connectivity index (χ4v) is 5.06. The number of rotatable bonds is 8. The van der Waals surface area contributed by atoms with E-state index >= 15 is 0 Å². The van der Waals surface area contributed by atoms with Gasteiger partial charge in [0.2, 0.25) is 5.72 Å². The lowest BCUT2D eigenvalue weighted by molar-refractivity contribution is 0.105. The average molecular weight is 521 g/mol. The number of aliphatic hydroxyl groups is 1. The van der Waals surface area contributed by atoms with Crippen molar-refractivity contribution in [2.45, 2.75) is 62.8 Å². The zero-order valence-corrected chi connectivity index (χ0v) is 21.2. The van der Waals surface area contributed by atoms with Gasteiger partial charge in [-0.05, 0) is 49.9 Å². The Labute approximate surface area is 220 Å². The Bertz CT molecular complexity index is 1360. The molecule has 2 aliphatic rings. The van der Waals surface area contributed by atoms with Crippen LogP contribution in [0.3, 0.4) is 0 Å². The van der Waals surface area contributed by atoms with Crippen LogP contribution < -0.4 is 21.7 Å². The highest BCUT2D eigenvalue weighted by Crippen LogP contribution is 2.37. The summed E-state index contributed by atoms with van der Waals surface area (Å²) in [4.78, 5) is 4.43. The molecule has 2 fully saturated rings. The summed E-state index contributed by atoms with van der Waals surface area (Å²) < 4.78 is 13.7. The van der Waals surface area contributed by atoms with Crippen molar-refractivity contribution in [1.82, 2.24) is 10.3 Å². The first-order valence-electron chi connectivity index (χ1n) is 12.6. The summed E-state index contributed by atoms with van der Waals surface area (Å²) in [5.74, 6) is -0.424. The maximum Gasteiger partial charge on any atom is 0.205 e. The van der Waals surface area contributed by atoms with Gasteiger partial charge in [-0.25, -0.2) is 4.39 Å². The summed E-state index contributed by atoms with van der Waals surface area (Å²) >= 11 is 6.66. The third kappa shape index (κ3) is 5.43. The SMILES string of the molecule is N#Cc1cnc2c(Cl)cc(NC(O)(/C(N)=C/NC3CC3)c3ccc(F)cc3)cc2c1NC1CCCCC1. The Hall–Kier alpha value is -3.54. The number of hydrogen-bond donors (Lipinski definition) is 5. The van der Waals surface area contributed by atoms with Crippen LogP contribution >= 0.6 is 11.6 Å².